The van der Waals surface area contributed by atoms with Gasteiger partial charge in [0.15, 0.2) is 0 Å². The lowest BCUT2D eigenvalue weighted by atomic mass is 10.1. The van der Waals surface area contributed by atoms with Crippen LogP contribution in [0.15, 0.2) is 22.7 Å². The minimum absolute atomic E-state index is 0.114. The summed E-state index contributed by atoms with van der Waals surface area (Å²) < 4.78 is 5.44. The summed E-state index contributed by atoms with van der Waals surface area (Å²) in [6, 6.07) is 4.44. The molecule has 0 aliphatic rings. The van der Waals surface area contributed by atoms with Crippen molar-refractivity contribution in [1.29, 1.82) is 0 Å². The Kier molecular flexibility index (Phi) is 6.60. The van der Waals surface area contributed by atoms with E-state index < -0.39 is 4.92 Å². The van der Waals surface area contributed by atoms with E-state index in [1.807, 2.05) is 13.8 Å². The number of halogens is 1. The van der Waals surface area contributed by atoms with Crippen molar-refractivity contribution in [2.45, 2.75) is 13.8 Å². The number of nitro groups is 1. The lowest BCUT2D eigenvalue weighted by molar-refractivity contribution is -0.385. The first-order valence-electron chi connectivity index (χ1n) is 6.32. The number of hydrogen-bond donors (Lipinski definition) is 0. The Morgan fingerprint density at radius 3 is 2.70 bits per heavy atom. The van der Waals surface area contributed by atoms with Crippen LogP contribution in [0.25, 0.3) is 0 Å². The van der Waals surface area contributed by atoms with Crippen molar-refractivity contribution < 1.29 is 14.5 Å². The van der Waals surface area contributed by atoms with E-state index in [2.05, 4.69) is 15.9 Å². The second-order valence-corrected chi connectivity index (χ2v) is 4.77. The van der Waals surface area contributed by atoms with Crippen LogP contribution in [-0.4, -0.2) is 42.0 Å². The second kappa shape index (κ2) is 7.96. The van der Waals surface area contributed by atoms with Gasteiger partial charge in [-0.05, 0) is 35.8 Å². The van der Waals surface area contributed by atoms with Crippen LogP contribution in [-0.2, 0) is 4.74 Å². The summed E-state index contributed by atoms with van der Waals surface area (Å²) in [6.45, 7) is 5.75. The number of nitro benzene ring substituents is 1. The van der Waals surface area contributed by atoms with Gasteiger partial charge in [-0.25, -0.2) is 0 Å². The van der Waals surface area contributed by atoms with Crippen LogP contribution in [0.5, 0.6) is 0 Å². The number of hydrogen-bond acceptors (Lipinski definition) is 4. The maximum atomic E-state index is 12.4. The molecule has 0 unspecified atom stereocenters. The normalized spacial score (nSPS) is 10.3. The number of rotatable bonds is 7. The quantitative estimate of drug-likeness (QED) is 0.433. The average molecular weight is 345 g/mol. The monoisotopic (exact) mass is 344 g/mol. The van der Waals surface area contributed by atoms with Crippen molar-refractivity contribution in [2.75, 3.05) is 26.3 Å². The molecule has 1 rings (SSSR count). The molecule has 1 amide bonds. The molecule has 0 saturated heterocycles. The predicted molar refractivity (Wildman–Crippen MR) is 78.9 cm³/mol. The maximum Gasteiger partial charge on any atom is 0.284 e. The maximum absolute atomic E-state index is 12.4. The average Bonchev–Trinajstić information content (AvgIpc) is 2.43. The van der Waals surface area contributed by atoms with E-state index in [4.69, 9.17) is 4.74 Å². The third kappa shape index (κ3) is 4.01. The van der Waals surface area contributed by atoms with E-state index in [-0.39, 0.29) is 21.6 Å². The van der Waals surface area contributed by atoms with Crippen molar-refractivity contribution >= 4 is 27.5 Å². The van der Waals surface area contributed by atoms with Crippen LogP contribution in [0.4, 0.5) is 5.69 Å². The summed E-state index contributed by atoms with van der Waals surface area (Å²) in [5, 5.41) is 10.9. The molecule has 0 saturated carbocycles. The highest BCUT2D eigenvalue weighted by Crippen LogP contribution is 2.29. The van der Waals surface area contributed by atoms with Gasteiger partial charge in [0.05, 0.1) is 17.1 Å². The molecule has 1 aromatic carbocycles. The van der Waals surface area contributed by atoms with E-state index >= 15 is 0 Å². The Bertz CT molecular complexity index is 493. The SMILES string of the molecule is CCOCCN(CC)C(=O)c1cccc([N+](=O)[O-])c1Br. The highest BCUT2D eigenvalue weighted by Gasteiger charge is 2.22. The number of benzene rings is 1. The van der Waals surface area contributed by atoms with E-state index in [0.717, 1.165) is 0 Å². The predicted octanol–water partition coefficient (Wildman–Crippen LogP) is 2.86. The van der Waals surface area contributed by atoms with Gasteiger partial charge in [-0.1, -0.05) is 6.07 Å². The summed E-state index contributed by atoms with van der Waals surface area (Å²) in [7, 11) is 0. The fourth-order valence-electron chi connectivity index (χ4n) is 1.72. The molecule has 0 N–H and O–H groups in total. The Morgan fingerprint density at radius 2 is 2.15 bits per heavy atom. The zero-order valence-electron chi connectivity index (χ0n) is 11.5. The molecule has 20 heavy (non-hydrogen) atoms. The van der Waals surface area contributed by atoms with Crippen LogP contribution in [0, 0.1) is 10.1 Å². The zero-order valence-corrected chi connectivity index (χ0v) is 13.1. The van der Waals surface area contributed by atoms with Crippen LogP contribution in [0.2, 0.25) is 0 Å². The van der Waals surface area contributed by atoms with Crippen LogP contribution in [0.1, 0.15) is 24.2 Å². The molecule has 0 spiro atoms. The van der Waals surface area contributed by atoms with Crippen LogP contribution >= 0.6 is 15.9 Å². The molecule has 0 atom stereocenters. The standard InChI is InChI=1S/C13H17BrN2O4/c1-3-15(8-9-20-4-2)13(17)10-6-5-7-11(12(10)14)16(18)19/h5-7H,3-4,8-9H2,1-2H3. The molecule has 1 aromatic rings. The number of ether oxygens (including phenoxy) is 1. The van der Waals surface area contributed by atoms with E-state index in [9.17, 15) is 14.9 Å². The topological polar surface area (TPSA) is 72.7 Å². The lowest BCUT2D eigenvalue weighted by Crippen LogP contribution is -2.34. The third-order valence-corrected chi connectivity index (χ3v) is 3.62. The Hall–Kier alpha value is -1.47. The van der Waals surface area contributed by atoms with Crippen molar-refractivity contribution in [3.8, 4) is 0 Å². The van der Waals surface area contributed by atoms with Crippen molar-refractivity contribution in [3.05, 3.63) is 38.3 Å². The molecular weight excluding hydrogens is 328 g/mol. The Morgan fingerprint density at radius 1 is 1.45 bits per heavy atom. The van der Waals surface area contributed by atoms with E-state index in [1.165, 1.54) is 12.1 Å². The second-order valence-electron chi connectivity index (χ2n) is 3.98. The minimum atomic E-state index is -0.517. The van der Waals surface area contributed by atoms with Crippen molar-refractivity contribution in [2.24, 2.45) is 0 Å². The fraction of sp³-hybridized carbons (Fsp3) is 0.462. The highest BCUT2D eigenvalue weighted by atomic mass is 79.9. The summed E-state index contributed by atoms with van der Waals surface area (Å²) in [5.74, 6) is -0.247. The van der Waals surface area contributed by atoms with Crippen LogP contribution in [0.3, 0.4) is 0 Å². The zero-order chi connectivity index (χ0) is 15.1. The molecule has 110 valence electrons. The van der Waals surface area contributed by atoms with Gasteiger partial charge < -0.3 is 9.64 Å². The number of nitrogens with zero attached hydrogens (tertiary/aromatic N) is 2. The molecule has 0 aromatic heterocycles. The first-order valence-corrected chi connectivity index (χ1v) is 7.12. The summed E-state index contributed by atoms with van der Waals surface area (Å²) in [6.07, 6.45) is 0. The molecule has 0 radical (unpaired) electrons. The third-order valence-electron chi connectivity index (χ3n) is 2.78. The van der Waals surface area contributed by atoms with Gasteiger partial charge in [0.1, 0.15) is 4.47 Å². The summed E-state index contributed by atoms with van der Waals surface area (Å²) in [4.78, 5) is 24.3. The fourth-order valence-corrected chi connectivity index (χ4v) is 2.30. The molecular formula is C13H17BrN2O4. The smallest absolute Gasteiger partial charge is 0.284 e. The summed E-state index contributed by atoms with van der Waals surface area (Å²) >= 11 is 3.14. The van der Waals surface area contributed by atoms with Gasteiger partial charge in [0.2, 0.25) is 0 Å². The van der Waals surface area contributed by atoms with Crippen LogP contribution < -0.4 is 0 Å². The molecule has 7 heteroatoms. The Labute approximate surface area is 126 Å². The highest BCUT2D eigenvalue weighted by molar-refractivity contribution is 9.10. The molecule has 6 nitrogen and oxygen atoms in total. The van der Waals surface area contributed by atoms with Gasteiger partial charge in [0, 0.05) is 25.8 Å². The summed E-state index contributed by atoms with van der Waals surface area (Å²) in [5.41, 5.74) is 0.175. The first-order chi connectivity index (χ1) is 9.52. The van der Waals surface area contributed by atoms with Gasteiger partial charge in [-0.15, -0.1) is 0 Å². The van der Waals surface area contributed by atoms with Crippen molar-refractivity contribution in [1.82, 2.24) is 4.90 Å². The first kappa shape index (κ1) is 16.6. The molecule has 0 bridgehead atoms. The molecule has 0 fully saturated rings. The van der Waals surface area contributed by atoms with Gasteiger partial charge in [0.25, 0.3) is 11.6 Å². The van der Waals surface area contributed by atoms with E-state index in [0.29, 0.717) is 26.3 Å². The van der Waals surface area contributed by atoms with E-state index in [1.54, 1.807) is 11.0 Å². The van der Waals surface area contributed by atoms with Gasteiger partial charge in [-0.2, -0.15) is 0 Å². The number of carbonyl (C=O) groups is 1. The minimum Gasteiger partial charge on any atom is -0.380 e. The Balaban J connectivity index is 2.95. The largest absolute Gasteiger partial charge is 0.380 e. The van der Waals surface area contributed by atoms with Crippen molar-refractivity contribution in [3.63, 3.8) is 0 Å². The lowest BCUT2D eigenvalue weighted by Gasteiger charge is -2.21. The number of amides is 1. The molecule has 0 aliphatic heterocycles. The van der Waals surface area contributed by atoms with Gasteiger partial charge >= 0.3 is 0 Å². The number of carbonyl (C=O) groups excluding carboxylic acids is 1. The molecule has 0 aliphatic carbocycles. The number of likely N-dealkylation sites (N-methyl/N-ethyl adjacent to an activating group) is 1. The van der Waals surface area contributed by atoms with Gasteiger partial charge in [-0.3, -0.25) is 14.9 Å². The molecule has 0 heterocycles.